The summed E-state index contributed by atoms with van der Waals surface area (Å²) < 4.78 is 0. The van der Waals surface area contributed by atoms with Crippen molar-refractivity contribution in [1.29, 1.82) is 0 Å². The molecule has 0 fully saturated rings. The summed E-state index contributed by atoms with van der Waals surface area (Å²) in [5.74, 6) is 0.483. The van der Waals surface area contributed by atoms with Gasteiger partial charge in [0.05, 0.1) is 0 Å². The zero-order chi connectivity index (χ0) is 12.0. The number of aromatic nitrogens is 1. The standard InChI is InChI=1S/C14H24N2/c1-5-9-15-13(6-2)12(4)14-8-7-11(3)10-16-14/h7-8,10,12-13,15H,5-6,9H2,1-4H3. The van der Waals surface area contributed by atoms with Crippen molar-refractivity contribution in [2.45, 2.75) is 52.5 Å². The van der Waals surface area contributed by atoms with E-state index in [0.29, 0.717) is 12.0 Å². The number of nitrogens with one attached hydrogen (secondary N) is 1. The molecule has 2 atom stereocenters. The molecule has 1 heterocycles. The fourth-order valence-corrected chi connectivity index (χ4v) is 1.96. The number of hydrogen-bond acceptors (Lipinski definition) is 2. The lowest BCUT2D eigenvalue weighted by Crippen LogP contribution is -2.34. The molecule has 0 aliphatic carbocycles. The lowest BCUT2D eigenvalue weighted by molar-refractivity contribution is 0.432. The van der Waals surface area contributed by atoms with Crippen LogP contribution in [0.5, 0.6) is 0 Å². The molecule has 16 heavy (non-hydrogen) atoms. The van der Waals surface area contributed by atoms with Crippen LogP contribution in [0.15, 0.2) is 18.3 Å². The fraction of sp³-hybridized carbons (Fsp3) is 0.643. The van der Waals surface area contributed by atoms with E-state index >= 15 is 0 Å². The molecule has 2 nitrogen and oxygen atoms in total. The molecule has 1 N–H and O–H groups in total. The highest BCUT2D eigenvalue weighted by molar-refractivity contribution is 5.16. The van der Waals surface area contributed by atoms with Gasteiger partial charge in [0.15, 0.2) is 0 Å². The van der Waals surface area contributed by atoms with E-state index in [1.54, 1.807) is 0 Å². The molecule has 2 heteroatoms. The van der Waals surface area contributed by atoms with Gasteiger partial charge in [0, 0.05) is 23.9 Å². The van der Waals surface area contributed by atoms with Crippen molar-refractivity contribution in [3.05, 3.63) is 29.6 Å². The average Bonchev–Trinajstić information content (AvgIpc) is 2.30. The third-order valence-electron chi connectivity index (χ3n) is 3.10. The molecule has 0 aliphatic heterocycles. The lowest BCUT2D eigenvalue weighted by atomic mass is 9.95. The molecule has 0 aliphatic rings. The number of nitrogens with zero attached hydrogens (tertiary/aromatic N) is 1. The summed E-state index contributed by atoms with van der Waals surface area (Å²) in [4.78, 5) is 4.52. The van der Waals surface area contributed by atoms with Crippen LogP contribution < -0.4 is 5.32 Å². The number of pyridine rings is 1. The summed E-state index contributed by atoms with van der Waals surface area (Å²) in [5.41, 5.74) is 2.42. The zero-order valence-electron chi connectivity index (χ0n) is 11.0. The Bertz CT molecular complexity index is 292. The summed E-state index contributed by atoms with van der Waals surface area (Å²) in [6, 6.07) is 4.83. The summed E-state index contributed by atoms with van der Waals surface area (Å²) >= 11 is 0. The van der Waals surface area contributed by atoms with Crippen molar-refractivity contribution in [3.63, 3.8) is 0 Å². The minimum Gasteiger partial charge on any atom is -0.313 e. The molecule has 1 aromatic heterocycles. The van der Waals surface area contributed by atoms with E-state index in [-0.39, 0.29) is 0 Å². The maximum absolute atomic E-state index is 4.52. The van der Waals surface area contributed by atoms with Crippen LogP contribution in [0.1, 0.15) is 50.8 Å². The molecular weight excluding hydrogens is 196 g/mol. The second kappa shape index (κ2) is 6.64. The van der Waals surface area contributed by atoms with Crippen LogP contribution in [0, 0.1) is 6.92 Å². The molecule has 0 radical (unpaired) electrons. The smallest absolute Gasteiger partial charge is 0.0447 e. The van der Waals surface area contributed by atoms with Crippen molar-refractivity contribution in [2.24, 2.45) is 0 Å². The van der Waals surface area contributed by atoms with Gasteiger partial charge in [-0.3, -0.25) is 4.98 Å². The van der Waals surface area contributed by atoms with Crippen molar-refractivity contribution < 1.29 is 0 Å². The minimum atomic E-state index is 0.483. The molecule has 0 saturated heterocycles. The number of rotatable bonds is 6. The molecule has 1 aromatic rings. The molecule has 0 spiro atoms. The van der Waals surface area contributed by atoms with Gasteiger partial charge in [-0.1, -0.05) is 26.8 Å². The molecule has 1 rings (SSSR count). The van der Waals surface area contributed by atoms with Gasteiger partial charge in [0.25, 0.3) is 0 Å². The molecule has 90 valence electrons. The van der Waals surface area contributed by atoms with Crippen molar-refractivity contribution in [1.82, 2.24) is 10.3 Å². The van der Waals surface area contributed by atoms with Crippen molar-refractivity contribution in [2.75, 3.05) is 6.54 Å². The van der Waals surface area contributed by atoms with Gasteiger partial charge < -0.3 is 5.32 Å². The van der Waals surface area contributed by atoms with E-state index < -0.39 is 0 Å². The number of hydrogen-bond donors (Lipinski definition) is 1. The largest absolute Gasteiger partial charge is 0.313 e. The third kappa shape index (κ3) is 3.60. The zero-order valence-corrected chi connectivity index (χ0v) is 11.0. The molecular formula is C14H24N2. The highest BCUT2D eigenvalue weighted by Gasteiger charge is 2.17. The highest BCUT2D eigenvalue weighted by Crippen LogP contribution is 2.19. The Morgan fingerprint density at radius 1 is 1.31 bits per heavy atom. The predicted molar refractivity (Wildman–Crippen MR) is 69.8 cm³/mol. The average molecular weight is 220 g/mol. The Balaban J connectivity index is 2.66. The first kappa shape index (κ1) is 13.2. The van der Waals surface area contributed by atoms with Gasteiger partial charge in [-0.25, -0.2) is 0 Å². The maximum atomic E-state index is 4.52. The minimum absolute atomic E-state index is 0.483. The normalized spacial score (nSPS) is 14.8. The van der Waals surface area contributed by atoms with Gasteiger partial charge in [-0.15, -0.1) is 0 Å². The van der Waals surface area contributed by atoms with Gasteiger partial charge in [-0.2, -0.15) is 0 Å². The molecule has 2 unspecified atom stereocenters. The molecule has 0 amide bonds. The summed E-state index contributed by atoms with van der Waals surface area (Å²) in [5, 5.41) is 3.59. The Hall–Kier alpha value is -0.890. The van der Waals surface area contributed by atoms with E-state index in [1.807, 2.05) is 6.20 Å². The lowest BCUT2D eigenvalue weighted by Gasteiger charge is -2.23. The first-order valence-corrected chi connectivity index (χ1v) is 6.35. The van der Waals surface area contributed by atoms with Crippen LogP contribution in [0.2, 0.25) is 0 Å². The molecule has 0 saturated carbocycles. The SMILES string of the molecule is CCCNC(CC)C(C)c1ccc(C)cn1. The fourth-order valence-electron chi connectivity index (χ4n) is 1.96. The van der Waals surface area contributed by atoms with Gasteiger partial charge >= 0.3 is 0 Å². The van der Waals surface area contributed by atoms with Gasteiger partial charge in [0.1, 0.15) is 0 Å². The van der Waals surface area contributed by atoms with Crippen LogP contribution in [-0.4, -0.2) is 17.6 Å². The van der Waals surface area contributed by atoms with Crippen molar-refractivity contribution >= 4 is 0 Å². The first-order valence-electron chi connectivity index (χ1n) is 6.35. The van der Waals surface area contributed by atoms with Gasteiger partial charge in [-0.05, 0) is 37.9 Å². The summed E-state index contributed by atoms with van der Waals surface area (Å²) in [6.45, 7) is 9.86. The summed E-state index contributed by atoms with van der Waals surface area (Å²) in [6.07, 6.45) is 4.29. The number of aryl methyl sites for hydroxylation is 1. The summed E-state index contributed by atoms with van der Waals surface area (Å²) in [7, 11) is 0. The molecule has 0 aromatic carbocycles. The van der Waals surface area contributed by atoms with Crippen LogP contribution in [0.4, 0.5) is 0 Å². The second-order valence-electron chi connectivity index (χ2n) is 4.52. The van der Waals surface area contributed by atoms with Crippen LogP contribution >= 0.6 is 0 Å². The first-order chi connectivity index (χ1) is 7.69. The monoisotopic (exact) mass is 220 g/mol. The highest BCUT2D eigenvalue weighted by atomic mass is 14.9. The quantitative estimate of drug-likeness (QED) is 0.796. The van der Waals surface area contributed by atoms with Crippen LogP contribution in [0.25, 0.3) is 0 Å². The maximum Gasteiger partial charge on any atom is 0.0447 e. The Labute approximate surface area is 99.5 Å². The predicted octanol–water partition coefficient (Wildman–Crippen LogP) is 3.27. The van der Waals surface area contributed by atoms with E-state index in [9.17, 15) is 0 Å². The van der Waals surface area contributed by atoms with E-state index in [1.165, 1.54) is 17.7 Å². The van der Waals surface area contributed by atoms with Crippen molar-refractivity contribution in [3.8, 4) is 0 Å². The Morgan fingerprint density at radius 3 is 2.56 bits per heavy atom. The van der Waals surface area contributed by atoms with Crippen LogP contribution in [0.3, 0.4) is 0 Å². The van der Waals surface area contributed by atoms with E-state index in [2.05, 4.69) is 50.1 Å². The van der Waals surface area contributed by atoms with Gasteiger partial charge in [0.2, 0.25) is 0 Å². The Kier molecular flexibility index (Phi) is 5.47. The van der Waals surface area contributed by atoms with Crippen LogP contribution in [-0.2, 0) is 0 Å². The molecule has 0 bridgehead atoms. The van der Waals surface area contributed by atoms with E-state index in [4.69, 9.17) is 0 Å². The van der Waals surface area contributed by atoms with E-state index in [0.717, 1.165) is 13.0 Å². The third-order valence-corrected chi connectivity index (χ3v) is 3.10. The topological polar surface area (TPSA) is 24.9 Å². The second-order valence-corrected chi connectivity index (χ2v) is 4.52. The Morgan fingerprint density at radius 2 is 2.06 bits per heavy atom.